The van der Waals surface area contributed by atoms with Crippen LogP contribution >= 0.6 is 0 Å². The van der Waals surface area contributed by atoms with Crippen molar-refractivity contribution >= 4 is 5.78 Å². The van der Waals surface area contributed by atoms with Crippen molar-refractivity contribution in [3.8, 4) is 0 Å². The maximum Gasteiger partial charge on any atom is 0.194 e. The molecule has 1 heterocycles. The maximum absolute atomic E-state index is 11.8. The van der Waals surface area contributed by atoms with Crippen LogP contribution in [0.15, 0.2) is 18.7 Å². The zero-order valence-corrected chi connectivity index (χ0v) is 9.05. The van der Waals surface area contributed by atoms with Crippen LogP contribution in [0.4, 0.5) is 0 Å². The monoisotopic (exact) mass is 208 g/mol. The van der Waals surface area contributed by atoms with Gasteiger partial charge >= 0.3 is 0 Å². The highest BCUT2D eigenvalue weighted by molar-refractivity contribution is 5.98. The molecule has 15 heavy (non-hydrogen) atoms. The van der Waals surface area contributed by atoms with Gasteiger partial charge in [-0.15, -0.1) is 0 Å². The summed E-state index contributed by atoms with van der Waals surface area (Å²) < 4.78 is 0. The number of nitrogens with zero attached hydrogens (tertiary/aromatic N) is 2. The molecule has 0 aromatic carbocycles. The smallest absolute Gasteiger partial charge is 0.194 e. The lowest BCUT2D eigenvalue weighted by molar-refractivity contribution is 0.0587. The Bertz CT molecular complexity index is 310. The van der Waals surface area contributed by atoms with Crippen LogP contribution in [0.25, 0.3) is 0 Å². The van der Waals surface area contributed by atoms with Gasteiger partial charge in [0.25, 0.3) is 0 Å². The molecule has 0 saturated carbocycles. The first kappa shape index (κ1) is 11.8. The molecule has 82 valence electrons. The molecule has 0 radical (unpaired) electrons. The van der Waals surface area contributed by atoms with E-state index in [0.29, 0.717) is 5.56 Å². The molecule has 0 fully saturated rings. The Morgan fingerprint density at radius 3 is 2.33 bits per heavy atom. The van der Waals surface area contributed by atoms with E-state index in [1.165, 1.54) is 18.7 Å². The van der Waals surface area contributed by atoms with Gasteiger partial charge in [0.05, 0.1) is 5.56 Å². The fourth-order valence-corrected chi connectivity index (χ4v) is 1.55. The summed E-state index contributed by atoms with van der Waals surface area (Å²) >= 11 is 0. The molecule has 4 nitrogen and oxygen atoms in total. The van der Waals surface area contributed by atoms with Crippen molar-refractivity contribution in [3.05, 3.63) is 24.3 Å². The molecule has 4 heteroatoms. The highest BCUT2D eigenvalue weighted by Gasteiger charge is 2.24. The number of ketones is 1. The molecule has 1 aromatic heterocycles. The summed E-state index contributed by atoms with van der Waals surface area (Å²) in [6, 6.07) is 0. The van der Waals surface area contributed by atoms with E-state index >= 15 is 0 Å². The normalized spacial score (nSPS) is 12.8. The SMILES string of the molecule is CCC(CC)C(O)C(=O)c1cncnc1. The second-order valence-corrected chi connectivity index (χ2v) is 3.51. The first-order chi connectivity index (χ1) is 7.20. The van der Waals surface area contributed by atoms with Gasteiger partial charge in [-0.3, -0.25) is 4.79 Å². The van der Waals surface area contributed by atoms with Gasteiger partial charge in [0.15, 0.2) is 5.78 Å². The largest absolute Gasteiger partial charge is 0.385 e. The van der Waals surface area contributed by atoms with Crippen LogP contribution in [-0.2, 0) is 0 Å². The molecular formula is C11H16N2O2. The number of Topliss-reactive ketones (excluding diaryl/α,β-unsaturated/α-hetero) is 1. The Labute approximate surface area is 89.4 Å². The lowest BCUT2D eigenvalue weighted by Crippen LogP contribution is -2.29. The van der Waals surface area contributed by atoms with Crippen molar-refractivity contribution in [2.24, 2.45) is 5.92 Å². The second-order valence-electron chi connectivity index (χ2n) is 3.51. The molecule has 0 spiro atoms. The van der Waals surface area contributed by atoms with Crippen molar-refractivity contribution in [1.29, 1.82) is 0 Å². The summed E-state index contributed by atoms with van der Waals surface area (Å²) in [5.41, 5.74) is 0.372. The summed E-state index contributed by atoms with van der Waals surface area (Å²) in [5.74, 6) is -0.276. The van der Waals surface area contributed by atoms with Gasteiger partial charge in [0.2, 0.25) is 0 Å². The standard InChI is InChI=1S/C11H16N2O2/c1-3-8(4-2)10(14)11(15)9-5-12-7-13-6-9/h5-8,10,14H,3-4H2,1-2H3. The number of carbonyl (C=O) groups excluding carboxylic acids is 1. The van der Waals surface area contributed by atoms with E-state index in [-0.39, 0.29) is 11.7 Å². The summed E-state index contributed by atoms with van der Waals surface area (Å²) in [6.07, 6.45) is 4.86. The number of aliphatic hydroxyl groups excluding tert-OH is 1. The van der Waals surface area contributed by atoms with Gasteiger partial charge in [-0.2, -0.15) is 0 Å². The van der Waals surface area contributed by atoms with E-state index in [9.17, 15) is 9.90 Å². The Balaban J connectivity index is 2.77. The van der Waals surface area contributed by atoms with Crippen molar-refractivity contribution in [2.75, 3.05) is 0 Å². The molecule has 1 unspecified atom stereocenters. The summed E-state index contributed by atoms with van der Waals surface area (Å²) in [6.45, 7) is 3.93. The molecule has 1 N–H and O–H groups in total. The fraction of sp³-hybridized carbons (Fsp3) is 0.545. The van der Waals surface area contributed by atoms with Crippen LogP contribution in [-0.4, -0.2) is 27.0 Å². The minimum absolute atomic E-state index is 0.0118. The van der Waals surface area contributed by atoms with Crippen molar-refractivity contribution in [3.63, 3.8) is 0 Å². The predicted octanol–water partition coefficient (Wildman–Crippen LogP) is 1.46. The van der Waals surface area contributed by atoms with Crippen molar-refractivity contribution in [2.45, 2.75) is 32.8 Å². The third-order valence-electron chi connectivity index (χ3n) is 2.61. The van der Waals surface area contributed by atoms with Gasteiger partial charge < -0.3 is 5.11 Å². The molecule has 0 aliphatic heterocycles. The lowest BCUT2D eigenvalue weighted by Gasteiger charge is -2.18. The number of carbonyl (C=O) groups is 1. The van der Waals surface area contributed by atoms with Gasteiger partial charge in [0, 0.05) is 12.4 Å². The van der Waals surface area contributed by atoms with Crippen LogP contribution in [0.3, 0.4) is 0 Å². The summed E-state index contributed by atoms with van der Waals surface area (Å²) in [5, 5.41) is 9.83. The first-order valence-corrected chi connectivity index (χ1v) is 5.18. The zero-order chi connectivity index (χ0) is 11.3. The third-order valence-corrected chi connectivity index (χ3v) is 2.61. The number of hydrogen-bond donors (Lipinski definition) is 1. The van der Waals surface area contributed by atoms with Crippen molar-refractivity contribution in [1.82, 2.24) is 9.97 Å². The molecule has 1 rings (SSSR count). The fourth-order valence-electron chi connectivity index (χ4n) is 1.55. The third kappa shape index (κ3) is 2.83. The van der Waals surface area contributed by atoms with Crippen LogP contribution in [0.5, 0.6) is 0 Å². The van der Waals surface area contributed by atoms with Gasteiger partial charge in [0.1, 0.15) is 12.4 Å². The van der Waals surface area contributed by atoms with E-state index in [1.54, 1.807) is 0 Å². The molecule has 0 bridgehead atoms. The van der Waals surface area contributed by atoms with Crippen LogP contribution in [0, 0.1) is 5.92 Å². The minimum atomic E-state index is -0.939. The average Bonchev–Trinajstić information content (AvgIpc) is 2.30. The molecule has 0 aliphatic rings. The van der Waals surface area contributed by atoms with Crippen LogP contribution in [0.2, 0.25) is 0 Å². The van der Waals surface area contributed by atoms with E-state index in [1.807, 2.05) is 13.8 Å². The maximum atomic E-state index is 11.8. The van der Waals surface area contributed by atoms with E-state index in [0.717, 1.165) is 12.8 Å². The molecule has 0 saturated heterocycles. The average molecular weight is 208 g/mol. The Morgan fingerprint density at radius 2 is 1.87 bits per heavy atom. The number of rotatable bonds is 5. The molecule has 0 aliphatic carbocycles. The number of hydrogen-bond acceptors (Lipinski definition) is 4. The number of aromatic nitrogens is 2. The van der Waals surface area contributed by atoms with Crippen LogP contribution in [0.1, 0.15) is 37.0 Å². The molecule has 1 atom stereocenters. The van der Waals surface area contributed by atoms with E-state index in [2.05, 4.69) is 9.97 Å². The molecule has 0 amide bonds. The Hall–Kier alpha value is -1.29. The Morgan fingerprint density at radius 1 is 1.33 bits per heavy atom. The van der Waals surface area contributed by atoms with Gasteiger partial charge in [-0.05, 0) is 5.92 Å². The minimum Gasteiger partial charge on any atom is -0.385 e. The lowest BCUT2D eigenvalue weighted by atomic mass is 9.92. The predicted molar refractivity (Wildman–Crippen MR) is 56.4 cm³/mol. The first-order valence-electron chi connectivity index (χ1n) is 5.18. The summed E-state index contributed by atoms with van der Waals surface area (Å²) in [4.78, 5) is 19.3. The van der Waals surface area contributed by atoms with E-state index in [4.69, 9.17) is 0 Å². The van der Waals surface area contributed by atoms with Crippen LogP contribution < -0.4 is 0 Å². The molecular weight excluding hydrogens is 192 g/mol. The Kier molecular flexibility index (Phi) is 4.37. The number of aliphatic hydroxyl groups is 1. The molecule has 1 aromatic rings. The summed E-state index contributed by atoms with van der Waals surface area (Å²) in [7, 11) is 0. The van der Waals surface area contributed by atoms with Gasteiger partial charge in [-0.25, -0.2) is 9.97 Å². The highest BCUT2D eigenvalue weighted by atomic mass is 16.3. The second kappa shape index (κ2) is 5.56. The van der Waals surface area contributed by atoms with Crippen molar-refractivity contribution < 1.29 is 9.90 Å². The highest BCUT2D eigenvalue weighted by Crippen LogP contribution is 2.16. The quantitative estimate of drug-likeness (QED) is 0.744. The topological polar surface area (TPSA) is 63.1 Å². The van der Waals surface area contributed by atoms with E-state index < -0.39 is 6.10 Å². The zero-order valence-electron chi connectivity index (χ0n) is 9.05. The van der Waals surface area contributed by atoms with Gasteiger partial charge in [-0.1, -0.05) is 26.7 Å².